The Hall–Kier alpha value is -1.96. The number of rotatable bonds is 5. The van der Waals surface area contributed by atoms with Gasteiger partial charge in [-0.15, -0.1) is 5.10 Å². The van der Waals surface area contributed by atoms with Gasteiger partial charge in [-0.05, 0) is 39.8 Å². The molecule has 0 spiro atoms. The number of nitrogens with one attached hydrogen (secondary N) is 2. The van der Waals surface area contributed by atoms with Gasteiger partial charge in [-0.2, -0.15) is 0 Å². The lowest BCUT2D eigenvalue weighted by molar-refractivity contribution is -0.124. The van der Waals surface area contributed by atoms with Crippen LogP contribution in [0, 0.1) is 0 Å². The number of aromatic nitrogens is 3. The summed E-state index contributed by atoms with van der Waals surface area (Å²) in [6.07, 6.45) is 1.63. The monoisotopic (exact) mass is 295 g/mol. The molecule has 2 heterocycles. The van der Waals surface area contributed by atoms with Crippen molar-refractivity contribution in [1.29, 1.82) is 0 Å². The Kier molecular flexibility index (Phi) is 4.89. The zero-order chi connectivity index (χ0) is 15.4. The fourth-order valence-electron chi connectivity index (χ4n) is 2.65. The number of amides is 1. The fourth-order valence-corrected chi connectivity index (χ4v) is 2.65. The summed E-state index contributed by atoms with van der Waals surface area (Å²) >= 11 is 0. The molecule has 116 valence electrons. The molecule has 0 aromatic carbocycles. The minimum atomic E-state index is -1.10. The maximum Gasteiger partial charge on any atom is 0.358 e. The molecule has 1 unspecified atom stereocenters. The van der Waals surface area contributed by atoms with Crippen LogP contribution in [0.3, 0.4) is 0 Å². The van der Waals surface area contributed by atoms with Gasteiger partial charge < -0.3 is 15.7 Å². The lowest BCUT2D eigenvalue weighted by atomic mass is 9.92. The molecule has 0 bridgehead atoms. The first-order chi connectivity index (χ1) is 10.1. The Labute approximate surface area is 122 Å². The van der Waals surface area contributed by atoms with Crippen LogP contribution < -0.4 is 10.6 Å². The van der Waals surface area contributed by atoms with Crippen molar-refractivity contribution in [2.45, 2.75) is 38.6 Å². The number of carboxylic acids is 1. The SMILES string of the molecule is CCNC(=O)C(C)n1nnc(C(=O)O)c1C1CCNCC1. The van der Waals surface area contributed by atoms with Gasteiger partial charge in [0.15, 0.2) is 5.69 Å². The van der Waals surface area contributed by atoms with E-state index in [4.69, 9.17) is 0 Å². The second kappa shape index (κ2) is 6.66. The van der Waals surface area contributed by atoms with E-state index in [0.29, 0.717) is 12.2 Å². The average molecular weight is 295 g/mol. The van der Waals surface area contributed by atoms with E-state index in [1.807, 2.05) is 6.92 Å². The Morgan fingerprint density at radius 1 is 1.48 bits per heavy atom. The van der Waals surface area contributed by atoms with Crippen molar-refractivity contribution in [3.8, 4) is 0 Å². The van der Waals surface area contributed by atoms with Crippen LogP contribution in [0.2, 0.25) is 0 Å². The molecule has 0 aliphatic carbocycles. The molecule has 1 aliphatic rings. The number of hydrogen-bond acceptors (Lipinski definition) is 5. The Morgan fingerprint density at radius 2 is 2.14 bits per heavy atom. The van der Waals surface area contributed by atoms with Crippen LogP contribution in [0.5, 0.6) is 0 Å². The van der Waals surface area contributed by atoms with Crippen LogP contribution in [0.15, 0.2) is 0 Å². The number of carboxylic acid groups (broad SMARTS) is 1. The third-order valence-corrected chi connectivity index (χ3v) is 3.76. The van der Waals surface area contributed by atoms with Crippen LogP contribution in [-0.4, -0.2) is 51.6 Å². The predicted molar refractivity (Wildman–Crippen MR) is 75.2 cm³/mol. The molecule has 1 aromatic heterocycles. The van der Waals surface area contributed by atoms with Gasteiger partial charge in [-0.3, -0.25) is 4.79 Å². The molecule has 1 saturated heterocycles. The van der Waals surface area contributed by atoms with E-state index < -0.39 is 12.0 Å². The standard InChI is InChI=1S/C13H21N5O3/c1-3-15-12(19)8(2)18-11(9-4-6-14-7-5-9)10(13(20)21)16-17-18/h8-9,14H,3-7H2,1-2H3,(H,15,19)(H,20,21). The Morgan fingerprint density at radius 3 is 2.71 bits per heavy atom. The molecule has 8 heteroatoms. The van der Waals surface area contributed by atoms with Gasteiger partial charge in [0.2, 0.25) is 5.91 Å². The highest BCUT2D eigenvalue weighted by Gasteiger charge is 2.31. The Balaban J connectivity index is 2.36. The summed E-state index contributed by atoms with van der Waals surface area (Å²) in [7, 11) is 0. The van der Waals surface area contributed by atoms with E-state index in [2.05, 4.69) is 20.9 Å². The molecule has 2 rings (SSSR count). The summed E-state index contributed by atoms with van der Waals surface area (Å²) in [5.41, 5.74) is 0.515. The van der Waals surface area contributed by atoms with Crippen molar-refractivity contribution in [3.05, 3.63) is 11.4 Å². The minimum absolute atomic E-state index is 0.0435. The molecule has 1 aromatic rings. The van der Waals surface area contributed by atoms with Crippen molar-refractivity contribution in [2.75, 3.05) is 19.6 Å². The van der Waals surface area contributed by atoms with Gasteiger partial charge in [0.05, 0.1) is 5.69 Å². The predicted octanol–water partition coefficient (Wildman–Crippen LogP) is 0.140. The highest BCUT2D eigenvalue weighted by Crippen LogP contribution is 2.29. The lowest BCUT2D eigenvalue weighted by Crippen LogP contribution is -2.34. The molecule has 21 heavy (non-hydrogen) atoms. The first-order valence-electron chi connectivity index (χ1n) is 7.23. The van der Waals surface area contributed by atoms with Gasteiger partial charge in [0, 0.05) is 12.5 Å². The molecule has 1 fully saturated rings. The number of hydrogen-bond donors (Lipinski definition) is 3. The smallest absolute Gasteiger partial charge is 0.358 e. The number of likely N-dealkylation sites (N-methyl/N-ethyl adjacent to an activating group) is 1. The zero-order valence-electron chi connectivity index (χ0n) is 12.3. The van der Waals surface area contributed by atoms with Gasteiger partial charge in [-0.25, -0.2) is 9.48 Å². The number of carbonyl (C=O) groups excluding carboxylic acids is 1. The van der Waals surface area contributed by atoms with E-state index in [0.717, 1.165) is 25.9 Å². The van der Waals surface area contributed by atoms with Gasteiger partial charge >= 0.3 is 5.97 Å². The summed E-state index contributed by atoms with van der Waals surface area (Å²) in [6.45, 7) is 5.71. The molecule has 0 radical (unpaired) electrons. The summed E-state index contributed by atoms with van der Waals surface area (Å²) in [5, 5.41) is 23.0. The third kappa shape index (κ3) is 3.21. The molecular formula is C13H21N5O3. The Bertz CT molecular complexity index is 522. The second-order valence-electron chi connectivity index (χ2n) is 5.17. The minimum Gasteiger partial charge on any atom is -0.476 e. The van der Waals surface area contributed by atoms with Crippen LogP contribution in [0.25, 0.3) is 0 Å². The highest BCUT2D eigenvalue weighted by atomic mass is 16.4. The second-order valence-corrected chi connectivity index (χ2v) is 5.17. The van der Waals surface area contributed by atoms with Crippen LogP contribution in [-0.2, 0) is 4.79 Å². The molecule has 8 nitrogen and oxygen atoms in total. The average Bonchev–Trinajstić information content (AvgIpc) is 2.92. The van der Waals surface area contributed by atoms with Gasteiger partial charge in [0.25, 0.3) is 0 Å². The van der Waals surface area contributed by atoms with Crippen molar-refractivity contribution in [2.24, 2.45) is 0 Å². The molecule has 3 N–H and O–H groups in total. The number of nitrogens with zero attached hydrogens (tertiary/aromatic N) is 3. The molecule has 1 atom stereocenters. The summed E-state index contributed by atoms with van der Waals surface area (Å²) in [5.74, 6) is -1.23. The molecular weight excluding hydrogens is 274 g/mol. The van der Waals surface area contributed by atoms with Crippen LogP contribution >= 0.6 is 0 Å². The van der Waals surface area contributed by atoms with Crippen molar-refractivity contribution < 1.29 is 14.7 Å². The van der Waals surface area contributed by atoms with E-state index >= 15 is 0 Å². The molecule has 1 amide bonds. The van der Waals surface area contributed by atoms with Crippen molar-refractivity contribution in [1.82, 2.24) is 25.6 Å². The van der Waals surface area contributed by atoms with E-state index in [1.54, 1.807) is 6.92 Å². The normalized spacial score (nSPS) is 17.4. The summed E-state index contributed by atoms with van der Waals surface area (Å²) in [6, 6.07) is -0.574. The quantitative estimate of drug-likeness (QED) is 0.713. The van der Waals surface area contributed by atoms with Gasteiger partial charge in [0.1, 0.15) is 6.04 Å². The van der Waals surface area contributed by atoms with Crippen molar-refractivity contribution in [3.63, 3.8) is 0 Å². The zero-order valence-corrected chi connectivity index (χ0v) is 12.3. The topological polar surface area (TPSA) is 109 Å². The molecule has 0 saturated carbocycles. The first-order valence-corrected chi connectivity index (χ1v) is 7.23. The fraction of sp³-hybridized carbons (Fsp3) is 0.692. The highest BCUT2D eigenvalue weighted by molar-refractivity contribution is 5.87. The first kappa shape index (κ1) is 15.4. The van der Waals surface area contributed by atoms with Crippen molar-refractivity contribution >= 4 is 11.9 Å². The third-order valence-electron chi connectivity index (χ3n) is 3.76. The van der Waals surface area contributed by atoms with Crippen LogP contribution in [0.4, 0.5) is 0 Å². The number of carbonyl (C=O) groups is 2. The van der Waals surface area contributed by atoms with E-state index in [1.165, 1.54) is 4.68 Å². The van der Waals surface area contributed by atoms with E-state index in [9.17, 15) is 14.7 Å². The number of piperidine rings is 1. The maximum absolute atomic E-state index is 12.0. The summed E-state index contributed by atoms with van der Waals surface area (Å²) in [4.78, 5) is 23.4. The van der Waals surface area contributed by atoms with E-state index in [-0.39, 0.29) is 17.5 Å². The number of aromatic carboxylic acids is 1. The largest absolute Gasteiger partial charge is 0.476 e. The lowest BCUT2D eigenvalue weighted by Gasteiger charge is -2.25. The van der Waals surface area contributed by atoms with Gasteiger partial charge in [-0.1, -0.05) is 5.21 Å². The molecule has 1 aliphatic heterocycles. The van der Waals surface area contributed by atoms with Crippen LogP contribution in [0.1, 0.15) is 54.8 Å². The summed E-state index contributed by atoms with van der Waals surface area (Å²) < 4.78 is 1.46. The maximum atomic E-state index is 12.0.